The summed E-state index contributed by atoms with van der Waals surface area (Å²) in [5.74, 6) is -1.61. The van der Waals surface area contributed by atoms with Crippen molar-refractivity contribution in [2.45, 2.75) is 5.92 Å². The van der Waals surface area contributed by atoms with Gasteiger partial charge in [0.05, 0.1) is 0 Å². The van der Waals surface area contributed by atoms with Gasteiger partial charge in [0.15, 0.2) is 0 Å². The van der Waals surface area contributed by atoms with E-state index in [9.17, 15) is 9.90 Å². The van der Waals surface area contributed by atoms with Gasteiger partial charge in [0.2, 0.25) is 0 Å². The minimum atomic E-state index is -0.893. The predicted molar refractivity (Wildman–Crippen MR) is 103 cm³/mol. The smallest absolute Gasteiger partial charge is 0.314 e. The third-order valence-corrected chi connectivity index (χ3v) is 4.36. The van der Waals surface area contributed by atoms with Gasteiger partial charge in [-0.3, -0.25) is 4.79 Å². The highest BCUT2D eigenvalue weighted by Gasteiger charge is 2.16. The Kier molecular flexibility index (Phi) is 5.32. The standard InChI is InChI=1S/C22H17ClO2/c23-21-9-5-4-8-19(21)14-15-20(22(24)25)18-12-10-17(11-13-18)16-6-2-1-3-7-16/h1-15,20H,(H,24,25). The zero-order chi connectivity index (χ0) is 17.6. The van der Waals surface area contributed by atoms with Crippen LogP contribution in [0.4, 0.5) is 0 Å². The van der Waals surface area contributed by atoms with Gasteiger partial charge in [-0.25, -0.2) is 0 Å². The van der Waals surface area contributed by atoms with Crippen molar-refractivity contribution in [3.05, 3.63) is 101 Å². The van der Waals surface area contributed by atoms with Crippen molar-refractivity contribution < 1.29 is 9.90 Å². The largest absolute Gasteiger partial charge is 0.481 e. The molecule has 0 heterocycles. The van der Waals surface area contributed by atoms with Gasteiger partial charge in [-0.1, -0.05) is 96.5 Å². The molecule has 0 aromatic heterocycles. The minimum absolute atomic E-state index is 0.599. The molecule has 0 radical (unpaired) electrons. The van der Waals surface area contributed by atoms with Crippen molar-refractivity contribution in [1.29, 1.82) is 0 Å². The molecule has 0 fully saturated rings. The Morgan fingerprint density at radius 2 is 1.44 bits per heavy atom. The van der Waals surface area contributed by atoms with Gasteiger partial charge >= 0.3 is 5.97 Å². The van der Waals surface area contributed by atoms with E-state index in [2.05, 4.69) is 0 Å². The van der Waals surface area contributed by atoms with E-state index in [1.807, 2.05) is 72.8 Å². The molecule has 3 heteroatoms. The molecule has 0 amide bonds. The normalized spacial score (nSPS) is 12.2. The maximum absolute atomic E-state index is 11.7. The molecule has 0 saturated carbocycles. The van der Waals surface area contributed by atoms with Crippen LogP contribution in [0.1, 0.15) is 17.0 Å². The highest BCUT2D eigenvalue weighted by Crippen LogP contribution is 2.25. The summed E-state index contributed by atoms with van der Waals surface area (Å²) in [7, 11) is 0. The Balaban J connectivity index is 1.86. The molecule has 1 atom stereocenters. The molecule has 0 spiro atoms. The zero-order valence-corrected chi connectivity index (χ0v) is 14.2. The lowest BCUT2D eigenvalue weighted by Crippen LogP contribution is -2.08. The SMILES string of the molecule is O=C(O)C(C=Cc1ccccc1Cl)c1ccc(-c2ccccc2)cc1. The maximum atomic E-state index is 11.7. The first-order valence-electron chi connectivity index (χ1n) is 7.96. The molecule has 0 bridgehead atoms. The summed E-state index contributed by atoms with van der Waals surface area (Å²) in [4.78, 5) is 11.7. The first-order valence-corrected chi connectivity index (χ1v) is 8.34. The molecule has 124 valence electrons. The second-order valence-electron chi connectivity index (χ2n) is 5.68. The van der Waals surface area contributed by atoms with Crippen LogP contribution < -0.4 is 0 Å². The summed E-state index contributed by atoms with van der Waals surface area (Å²) >= 11 is 6.12. The molecular weight excluding hydrogens is 332 g/mol. The number of hydrogen-bond donors (Lipinski definition) is 1. The van der Waals surface area contributed by atoms with E-state index in [0.717, 1.165) is 22.3 Å². The lowest BCUT2D eigenvalue weighted by atomic mass is 9.95. The van der Waals surface area contributed by atoms with Gasteiger partial charge in [0.25, 0.3) is 0 Å². The first-order chi connectivity index (χ1) is 12.1. The first kappa shape index (κ1) is 17.0. The van der Waals surface area contributed by atoms with Crippen molar-refractivity contribution in [1.82, 2.24) is 0 Å². The van der Waals surface area contributed by atoms with E-state index in [0.29, 0.717) is 5.02 Å². The average molecular weight is 349 g/mol. The van der Waals surface area contributed by atoms with Crippen molar-refractivity contribution in [2.75, 3.05) is 0 Å². The molecule has 0 aliphatic heterocycles. The van der Waals surface area contributed by atoms with Crippen LogP contribution in [0.15, 0.2) is 84.9 Å². The van der Waals surface area contributed by atoms with Crippen LogP contribution in [-0.4, -0.2) is 11.1 Å². The van der Waals surface area contributed by atoms with Gasteiger partial charge in [-0.15, -0.1) is 0 Å². The summed E-state index contributed by atoms with van der Waals surface area (Å²) in [5, 5.41) is 10.2. The third-order valence-electron chi connectivity index (χ3n) is 4.02. The maximum Gasteiger partial charge on any atom is 0.314 e. The van der Waals surface area contributed by atoms with E-state index in [1.54, 1.807) is 18.2 Å². The topological polar surface area (TPSA) is 37.3 Å². The van der Waals surface area contributed by atoms with E-state index < -0.39 is 11.9 Å². The van der Waals surface area contributed by atoms with E-state index in [1.165, 1.54) is 0 Å². The minimum Gasteiger partial charge on any atom is -0.481 e. The fourth-order valence-corrected chi connectivity index (χ4v) is 2.86. The second-order valence-corrected chi connectivity index (χ2v) is 6.09. The Morgan fingerprint density at radius 3 is 2.08 bits per heavy atom. The number of carboxylic acid groups (broad SMARTS) is 1. The lowest BCUT2D eigenvalue weighted by molar-refractivity contribution is -0.137. The Labute approximate surface area is 152 Å². The van der Waals surface area contributed by atoms with Crippen LogP contribution in [0.2, 0.25) is 5.02 Å². The highest BCUT2D eigenvalue weighted by molar-refractivity contribution is 6.32. The molecule has 1 unspecified atom stereocenters. The van der Waals surface area contributed by atoms with Crippen molar-refractivity contribution >= 4 is 23.6 Å². The van der Waals surface area contributed by atoms with Gasteiger partial charge < -0.3 is 5.11 Å². The highest BCUT2D eigenvalue weighted by atomic mass is 35.5. The monoisotopic (exact) mass is 348 g/mol. The van der Waals surface area contributed by atoms with Gasteiger partial charge in [0, 0.05) is 5.02 Å². The Hall–Kier alpha value is -2.84. The number of carbonyl (C=O) groups is 1. The molecule has 3 aromatic carbocycles. The number of aliphatic carboxylic acids is 1. The van der Waals surface area contributed by atoms with Gasteiger partial charge in [-0.2, -0.15) is 0 Å². The lowest BCUT2D eigenvalue weighted by Gasteiger charge is -2.10. The number of carboxylic acids is 1. The number of rotatable bonds is 5. The average Bonchev–Trinajstić information content (AvgIpc) is 2.64. The van der Waals surface area contributed by atoms with Crippen molar-refractivity contribution in [3.63, 3.8) is 0 Å². The number of hydrogen-bond acceptors (Lipinski definition) is 1. The molecule has 3 rings (SSSR count). The van der Waals surface area contributed by atoms with Crippen LogP contribution in [-0.2, 0) is 4.79 Å². The number of halogens is 1. The third kappa shape index (κ3) is 4.17. The van der Waals surface area contributed by atoms with Crippen molar-refractivity contribution in [2.24, 2.45) is 0 Å². The van der Waals surface area contributed by atoms with E-state index in [4.69, 9.17) is 11.6 Å². The molecule has 0 saturated heterocycles. The van der Waals surface area contributed by atoms with Gasteiger partial charge in [-0.05, 0) is 28.3 Å². The molecule has 1 N–H and O–H groups in total. The molecule has 2 nitrogen and oxygen atoms in total. The fourth-order valence-electron chi connectivity index (χ4n) is 2.66. The summed E-state index contributed by atoms with van der Waals surface area (Å²) in [6.07, 6.45) is 3.42. The molecule has 0 aliphatic carbocycles. The quantitative estimate of drug-likeness (QED) is 0.624. The molecule has 25 heavy (non-hydrogen) atoms. The van der Waals surface area contributed by atoms with E-state index in [-0.39, 0.29) is 0 Å². The van der Waals surface area contributed by atoms with Crippen molar-refractivity contribution in [3.8, 4) is 11.1 Å². The zero-order valence-electron chi connectivity index (χ0n) is 13.5. The Bertz CT molecular complexity index is 883. The van der Waals surface area contributed by atoms with Gasteiger partial charge in [0.1, 0.15) is 5.92 Å². The summed E-state index contributed by atoms with van der Waals surface area (Å²) < 4.78 is 0. The van der Waals surface area contributed by atoms with Crippen LogP contribution in [0.3, 0.4) is 0 Å². The summed E-state index contributed by atoms with van der Waals surface area (Å²) in [6.45, 7) is 0. The fraction of sp³-hybridized carbons (Fsp3) is 0.0455. The van der Waals surface area contributed by atoms with Crippen LogP contribution in [0.5, 0.6) is 0 Å². The van der Waals surface area contributed by atoms with Crippen LogP contribution in [0.25, 0.3) is 17.2 Å². The number of benzene rings is 3. The predicted octanol–water partition coefficient (Wildman–Crippen LogP) is 5.89. The molecule has 0 aliphatic rings. The second kappa shape index (κ2) is 7.82. The summed E-state index contributed by atoms with van der Waals surface area (Å²) in [5.41, 5.74) is 3.70. The molecule has 3 aromatic rings. The van der Waals surface area contributed by atoms with Crippen LogP contribution in [0, 0.1) is 0 Å². The van der Waals surface area contributed by atoms with E-state index >= 15 is 0 Å². The molecular formula is C22H17ClO2. The van der Waals surface area contributed by atoms with Crippen LogP contribution >= 0.6 is 11.6 Å². The summed E-state index contributed by atoms with van der Waals surface area (Å²) in [6, 6.07) is 25.0. The Morgan fingerprint density at radius 1 is 0.840 bits per heavy atom.